The van der Waals surface area contributed by atoms with Crippen molar-refractivity contribution in [3.8, 4) is 0 Å². The van der Waals surface area contributed by atoms with Crippen LogP contribution in [0.2, 0.25) is 0 Å². The highest BCUT2D eigenvalue weighted by molar-refractivity contribution is 5.85. The molecule has 4 aromatic heterocycles. The number of nitrogens with two attached hydrogens (primary N) is 2. The number of piperazine rings is 1. The zero-order valence-electron chi connectivity index (χ0n) is 23.1. The van der Waals surface area contributed by atoms with Crippen LogP contribution >= 0.6 is 0 Å². The van der Waals surface area contributed by atoms with Gasteiger partial charge in [0.25, 0.3) is 0 Å². The molecule has 0 radical (unpaired) electrons. The van der Waals surface area contributed by atoms with Gasteiger partial charge in [0.15, 0.2) is 46.4 Å². The first-order valence-electron chi connectivity index (χ1n) is 13.9. The number of rotatable bonds is 6. The number of hydrogen-bond donors (Lipinski definition) is 8. The average Bonchev–Trinajstić information content (AvgIpc) is 3.76. The van der Waals surface area contributed by atoms with Crippen molar-refractivity contribution in [2.75, 3.05) is 60.7 Å². The molecule has 0 bridgehead atoms. The number of hydrogen-bond acceptors (Lipinski definition) is 18. The number of nitrogen functional groups attached to an aromatic ring is 2. The molecule has 3 fully saturated rings. The zero-order valence-corrected chi connectivity index (χ0v) is 23.1. The van der Waals surface area contributed by atoms with E-state index in [0.717, 1.165) is 0 Å². The maximum absolute atomic E-state index is 10.8. The molecule has 0 unspecified atom stereocenters. The van der Waals surface area contributed by atoms with Gasteiger partial charge in [0.05, 0.1) is 13.2 Å². The molecule has 44 heavy (non-hydrogen) atoms. The van der Waals surface area contributed by atoms with Crippen LogP contribution in [0, 0.1) is 0 Å². The monoisotopic (exact) mass is 616 g/mol. The van der Waals surface area contributed by atoms with Gasteiger partial charge in [0.1, 0.15) is 49.3 Å². The summed E-state index contributed by atoms with van der Waals surface area (Å²) in [5, 5.41) is 61.9. The standard InChI is InChI=1S/C24H32N12O8/c25-17-11-19(29-7-27-17)35(21-15(41)13(39)9(5-37)43-21)23(31-11)33-1-2-34(4-3-33)24-32-12-18(26)28-8-30-20(12)36(24)22-16(42)14(40)10(6-38)44-22/h7-10,13-16,21-22,37-42H,1-6H2,(H2,25,27,29)(H2,26,28,30)/t9-,10-,13-,14-,15-,16-,21-,22-/m1/s1. The summed E-state index contributed by atoms with van der Waals surface area (Å²) < 4.78 is 14.7. The van der Waals surface area contributed by atoms with Gasteiger partial charge in [-0.1, -0.05) is 0 Å². The lowest BCUT2D eigenvalue weighted by Crippen LogP contribution is -2.49. The maximum atomic E-state index is 10.8. The molecule has 0 aromatic carbocycles. The largest absolute Gasteiger partial charge is 0.394 e. The number of anilines is 4. The summed E-state index contributed by atoms with van der Waals surface area (Å²) in [6.45, 7) is 0.463. The van der Waals surface area contributed by atoms with Crippen LogP contribution in [0.3, 0.4) is 0 Å². The minimum Gasteiger partial charge on any atom is -0.394 e. The van der Waals surface area contributed by atoms with Gasteiger partial charge in [-0.3, -0.25) is 9.13 Å². The molecular formula is C24H32N12O8. The maximum Gasteiger partial charge on any atom is 0.210 e. The van der Waals surface area contributed by atoms with Gasteiger partial charge >= 0.3 is 0 Å². The lowest BCUT2D eigenvalue weighted by Gasteiger charge is -2.37. The summed E-state index contributed by atoms with van der Waals surface area (Å²) >= 11 is 0. The zero-order chi connectivity index (χ0) is 30.9. The van der Waals surface area contributed by atoms with E-state index in [1.807, 2.05) is 9.80 Å². The van der Waals surface area contributed by atoms with Gasteiger partial charge in [0, 0.05) is 26.2 Å². The topological polar surface area (TPSA) is 286 Å². The lowest BCUT2D eigenvalue weighted by molar-refractivity contribution is -0.0506. The van der Waals surface area contributed by atoms with Gasteiger partial charge in [-0.05, 0) is 0 Å². The molecule has 20 heteroatoms. The van der Waals surface area contributed by atoms with Gasteiger partial charge < -0.3 is 61.4 Å². The Balaban J connectivity index is 1.23. The van der Waals surface area contributed by atoms with Crippen molar-refractivity contribution in [1.29, 1.82) is 0 Å². The molecule has 3 aliphatic heterocycles. The normalized spacial score (nSPS) is 31.1. The summed E-state index contributed by atoms with van der Waals surface area (Å²) in [6.07, 6.45) is -7.20. The summed E-state index contributed by atoms with van der Waals surface area (Å²) in [5.41, 5.74) is 13.3. The number of fused-ring (bicyclic) bond motifs is 2. The minimum absolute atomic E-state index is 0.117. The minimum atomic E-state index is -1.39. The van der Waals surface area contributed by atoms with Crippen LogP contribution < -0.4 is 21.3 Å². The average molecular weight is 617 g/mol. The highest BCUT2D eigenvalue weighted by atomic mass is 16.6. The van der Waals surface area contributed by atoms with Gasteiger partial charge in [0.2, 0.25) is 11.9 Å². The lowest BCUT2D eigenvalue weighted by atomic mass is 10.1. The molecule has 0 aliphatic carbocycles. The fourth-order valence-corrected chi connectivity index (χ4v) is 6.04. The van der Waals surface area contributed by atoms with Crippen molar-refractivity contribution in [2.45, 2.75) is 49.1 Å². The summed E-state index contributed by atoms with van der Waals surface area (Å²) in [6, 6.07) is 0. The SMILES string of the molecule is Nc1ncnc2c1nc(N1CCN(c3nc4c(N)ncnc4n3[C@@H]3O[C@H](CO)[C@@H](O)[C@H]3O)CC1)n2[C@@H]1O[C@H](CO)[C@@H](O)[C@H]1O. The number of nitrogens with zero attached hydrogens (tertiary/aromatic N) is 10. The first-order chi connectivity index (χ1) is 21.2. The van der Waals surface area contributed by atoms with E-state index in [-0.39, 0.29) is 34.0 Å². The molecule has 7 rings (SSSR count). The van der Waals surface area contributed by atoms with E-state index in [1.54, 1.807) is 0 Å². The Hall–Kier alpha value is -4.02. The van der Waals surface area contributed by atoms with Crippen LogP contribution in [0.15, 0.2) is 12.7 Å². The predicted molar refractivity (Wildman–Crippen MR) is 150 cm³/mol. The van der Waals surface area contributed by atoms with Gasteiger partial charge in [-0.15, -0.1) is 0 Å². The molecule has 10 N–H and O–H groups in total. The summed E-state index contributed by atoms with van der Waals surface area (Å²) in [4.78, 5) is 29.9. The van der Waals surface area contributed by atoms with Crippen LogP contribution in [0.4, 0.5) is 23.5 Å². The number of imidazole rings is 2. The smallest absolute Gasteiger partial charge is 0.210 e. The summed E-state index contributed by atoms with van der Waals surface area (Å²) in [5.74, 6) is 0.945. The van der Waals surface area contributed by atoms with Crippen LogP contribution in [0.1, 0.15) is 12.5 Å². The van der Waals surface area contributed by atoms with Crippen molar-refractivity contribution < 1.29 is 40.1 Å². The van der Waals surface area contributed by atoms with Gasteiger partial charge in [-0.2, -0.15) is 0 Å². The Morgan fingerprint density at radius 2 is 1.02 bits per heavy atom. The van der Waals surface area contributed by atoms with Crippen molar-refractivity contribution >= 4 is 45.9 Å². The predicted octanol–water partition coefficient (Wildman–Crippen LogP) is -4.32. The molecule has 3 saturated heterocycles. The quantitative estimate of drug-likeness (QED) is 0.102. The summed E-state index contributed by atoms with van der Waals surface area (Å²) in [7, 11) is 0. The highest BCUT2D eigenvalue weighted by Gasteiger charge is 2.47. The second-order valence-electron chi connectivity index (χ2n) is 10.9. The molecule has 8 atom stereocenters. The Labute approximate surface area is 247 Å². The van der Waals surface area contributed by atoms with Crippen molar-refractivity contribution in [1.82, 2.24) is 39.0 Å². The third kappa shape index (κ3) is 4.29. The number of aliphatic hydroxyl groups excluding tert-OH is 6. The van der Waals surface area contributed by atoms with Crippen molar-refractivity contribution in [2.24, 2.45) is 0 Å². The Kier molecular flexibility index (Phi) is 7.09. The van der Waals surface area contributed by atoms with E-state index in [0.29, 0.717) is 38.1 Å². The molecule has 20 nitrogen and oxygen atoms in total. The van der Waals surface area contributed by atoms with Crippen molar-refractivity contribution in [3.05, 3.63) is 12.7 Å². The molecule has 0 amide bonds. The fraction of sp³-hybridized carbons (Fsp3) is 0.583. The molecule has 3 aliphatic rings. The third-order valence-corrected chi connectivity index (χ3v) is 8.36. The first kappa shape index (κ1) is 28.7. The van der Waals surface area contributed by atoms with Crippen LogP contribution in [-0.4, -0.2) is 146 Å². The molecular weight excluding hydrogens is 584 g/mol. The molecule has 7 heterocycles. The Morgan fingerprint density at radius 3 is 1.36 bits per heavy atom. The van der Waals surface area contributed by atoms with Crippen LogP contribution in [0.5, 0.6) is 0 Å². The Bertz CT molecular complexity index is 1560. The molecule has 236 valence electrons. The van der Waals surface area contributed by atoms with E-state index in [1.165, 1.54) is 21.8 Å². The third-order valence-electron chi connectivity index (χ3n) is 8.36. The highest BCUT2D eigenvalue weighted by Crippen LogP contribution is 2.39. The molecule has 0 spiro atoms. The van der Waals surface area contributed by atoms with Gasteiger partial charge in [-0.25, -0.2) is 29.9 Å². The second-order valence-corrected chi connectivity index (χ2v) is 10.9. The van der Waals surface area contributed by atoms with E-state index in [2.05, 4.69) is 29.9 Å². The molecule has 0 saturated carbocycles. The van der Waals surface area contributed by atoms with Crippen LogP contribution in [0.25, 0.3) is 22.3 Å². The van der Waals surface area contributed by atoms with Crippen LogP contribution in [-0.2, 0) is 9.47 Å². The number of ether oxygens (including phenoxy) is 2. The fourth-order valence-electron chi connectivity index (χ4n) is 6.04. The van der Waals surface area contributed by atoms with E-state index in [4.69, 9.17) is 20.9 Å². The van der Waals surface area contributed by atoms with Crippen molar-refractivity contribution in [3.63, 3.8) is 0 Å². The van der Waals surface area contributed by atoms with E-state index in [9.17, 15) is 30.6 Å². The second kappa shape index (κ2) is 10.9. The van der Waals surface area contributed by atoms with E-state index >= 15 is 0 Å². The Morgan fingerprint density at radius 1 is 0.636 bits per heavy atom. The molecule has 4 aromatic rings. The number of aromatic nitrogens is 8. The first-order valence-corrected chi connectivity index (χ1v) is 13.9. The number of aliphatic hydroxyl groups is 6. The van der Waals surface area contributed by atoms with E-state index < -0.39 is 62.3 Å².